The van der Waals surface area contributed by atoms with Crippen molar-refractivity contribution in [3.05, 3.63) is 45.3 Å². The Labute approximate surface area is 140 Å². The number of nitrogens with zero attached hydrogens (tertiary/aromatic N) is 1. The molecule has 2 aromatic heterocycles. The van der Waals surface area contributed by atoms with Crippen LogP contribution in [0.2, 0.25) is 0 Å². The molecule has 0 fully saturated rings. The van der Waals surface area contributed by atoms with Crippen LogP contribution in [-0.2, 0) is 19.4 Å². The molecule has 1 aliphatic carbocycles. The maximum Gasteiger partial charge on any atom is 0.261 e. The average molecular weight is 330 g/mol. The summed E-state index contributed by atoms with van der Waals surface area (Å²) in [7, 11) is 1.59. The quantitative estimate of drug-likeness (QED) is 0.929. The van der Waals surface area contributed by atoms with E-state index in [0.717, 1.165) is 23.3 Å². The zero-order valence-electron chi connectivity index (χ0n) is 13.4. The number of methoxy groups -OCH3 is 1. The molecule has 0 unspecified atom stereocenters. The van der Waals surface area contributed by atoms with Gasteiger partial charge in [-0.15, -0.1) is 11.3 Å². The first-order valence-corrected chi connectivity index (χ1v) is 8.96. The normalized spacial score (nSPS) is 14.5. The van der Waals surface area contributed by atoms with E-state index in [2.05, 4.69) is 16.4 Å². The molecular weight excluding hydrogens is 308 g/mol. The van der Waals surface area contributed by atoms with E-state index in [1.165, 1.54) is 36.1 Å². The number of hydrogen-bond acceptors (Lipinski definition) is 4. The minimum Gasteiger partial charge on any atom is -0.481 e. The number of aryl methyl sites for hydroxylation is 2. The molecular formula is C18H22N2O2S. The average Bonchev–Trinajstić information content (AvgIpc) is 2.95. The molecule has 23 heavy (non-hydrogen) atoms. The Balaban J connectivity index is 1.65. The molecule has 0 saturated carbocycles. The molecule has 4 nitrogen and oxygen atoms in total. The number of pyridine rings is 1. The first kappa shape index (κ1) is 16.0. The molecule has 5 heteroatoms. The van der Waals surface area contributed by atoms with Crippen molar-refractivity contribution >= 4 is 17.2 Å². The number of nitrogens with one attached hydrogen (secondary N) is 1. The van der Waals surface area contributed by atoms with Crippen molar-refractivity contribution in [2.75, 3.05) is 7.11 Å². The van der Waals surface area contributed by atoms with Crippen molar-refractivity contribution in [3.63, 3.8) is 0 Å². The van der Waals surface area contributed by atoms with Gasteiger partial charge < -0.3 is 10.1 Å². The maximum absolute atomic E-state index is 12.4. The van der Waals surface area contributed by atoms with E-state index in [0.29, 0.717) is 12.4 Å². The second-order valence-electron chi connectivity index (χ2n) is 5.86. The third kappa shape index (κ3) is 4.10. The molecule has 1 aliphatic rings. The highest BCUT2D eigenvalue weighted by molar-refractivity contribution is 7.14. The summed E-state index contributed by atoms with van der Waals surface area (Å²) in [4.78, 5) is 18.7. The van der Waals surface area contributed by atoms with Gasteiger partial charge in [0.15, 0.2) is 0 Å². The molecule has 0 atom stereocenters. The minimum atomic E-state index is 0.0116. The number of carbonyl (C=O) groups excluding carboxylic acids is 1. The highest BCUT2D eigenvalue weighted by Crippen LogP contribution is 2.28. The van der Waals surface area contributed by atoms with Crippen LogP contribution < -0.4 is 10.1 Å². The van der Waals surface area contributed by atoms with E-state index in [4.69, 9.17) is 4.74 Å². The Kier molecular flexibility index (Phi) is 5.28. The highest BCUT2D eigenvalue weighted by Gasteiger charge is 2.15. The lowest BCUT2D eigenvalue weighted by molar-refractivity contribution is 0.0955. The molecule has 0 bridgehead atoms. The van der Waals surface area contributed by atoms with Crippen LogP contribution in [0.4, 0.5) is 0 Å². The summed E-state index contributed by atoms with van der Waals surface area (Å²) in [6.45, 7) is 0.486. The van der Waals surface area contributed by atoms with Gasteiger partial charge in [-0.1, -0.05) is 12.8 Å². The van der Waals surface area contributed by atoms with Crippen LogP contribution in [0.25, 0.3) is 0 Å². The largest absolute Gasteiger partial charge is 0.481 e. The third-order valence-corrected chi connectivity index (χ3v) is 5.42. The third-order valence-electron chi connectivity index (χ3n) is 4.18. The molecule has 2 aromatic rings. The zero-order valence-corrected chi connectivity index (χ0v) is 14.2. The maximum atomic E-state index is 12.4. The fourth-order valence-electron chi connectivity index (χ4n) is 2.90. The number of thiophene rings is 1. The van der Waals surface area contributed by atoms with Crippen molar-refractivity contribution in [3.8, 4) is 5.88 Å². The number of rotatable bonds is 4. The first-order valence-electron chi connectivity index (χ1n) is 8.15. The van der Waals surface area contributed by atoms with Gasteiger partial charge in [-0.25, -0.2) is 4.98 Å². The Hall–Kier alpha value is -1.88. The summed E-state index contributed by atoms with van der Waals surface area (Å²) in [5.41, 5.74) is 2.37. The van der Waals surface area contributed by atoms with Gasteiger partial charge in [0.1, 0.15) is 0 Å². The Bertz CT molecular complexity index is 656. The van der Waals surface area contributed by atoms with Crippen LogP contribution in [0, 0.1) is 0 Å². The summed E-state index contributed by atoms with van der Waals surface area (Å²) in [6, 6.07) is 5.82. The van der Waals surface area contributed by atoms with Crippen molar-refractivity contribution in [1.82, 2.24) is 10.3 Å². The van der Waals surface area contributed by atoms with Crippen LogP contribution in [0.3, 0.4) is 0 Å². The molecule has 0 aromatic carbocycles. The fourth-order valence-corrected chi connectivity index (χ4v) is 4.07. The van der Waals surface area contributed by atoms with E-state index >= 15 is 0 Å². The van der Waals surface area contributed by atoms with Gasteiger partial charge in [0.25, 0.3) is 5.91 Å². The SMILES string of the molecule is COc1cc(CNC(=O)c2cc3c(s2)CCCCCC3)ccn1. The second-order valence-corrected chi connectivity index (χ2v) is 7.00. The van der Waals surface area contributed by atoms with Crippen LogP contribution in [0.5, 0.6) is 5.88 Å². The van der Waals surface area contributed by atoms with Crippen LogP contribution in [0.15, 0.2) is 24.4 Å². The number of fused-ring (bicyclic) bond motifs is 1. The summed E-state index contributed by atoms with van der Waals surface area (Å²) in [5, 5.41) is 3.00. The zero-order chi connectivity index (χ0) is 16.1. The van der Waals surface area contributed by atoms with Gasteiger partial charge in [-0.2, -0.15) is 0 Å². The Morgan fingerprint density at radius 1 is 1.26 bits per heavy atom. The van der Waals surface area contributed by atoms with E-state index in [9.17, 15) is 4.79 Å². The predicted molar refractivity (Wildman–Crippen MR) is 92.2 cm³/mol. The first-order chi connectivity index (χ1) is 11.3. The minimum absolute atomic E-state index is 0.0116. The van der Waals surface area contributed by atoms with Gasteiger partial charge in [0.2, 0.25) is 5.88 Å². The lowest BCUT2D eigenvalue weighted by atomic mass is 10.00. The molecule has 1 N–H and O–H groups in total. The summed E-state index contributed by atoms with van der Waals surface area (Å²) in [6.07, 6.45) is 9.02. The molecule has 122 valence electrons. The van der Waals surface area contributed by atoms with Crippen molar-refractivity contribution in [2.45, 2.75) is 45.1 Å². The molecule has 0 radical (unpaired) electrons. The Morgan fingerprint density at radius 3 is 2.91 bits per heavy atom. The lowest BCUT2D eigenvalue weighted by Gasteiger charge is -2.07. The summed E-state index contributed by atoms with van der Waals surface area (Å²) in [5.74, 6) is 0.577. The van der Waals surface area contributed by atoms with Crippen molar-refractivity contribution < 1.29 is 9.53 Å². The standard InChI is InChI=1S/C18H22N2O2S/c1-22-17-10-13(8-9-19-17)12-20-18(21)16-11-14-6-4-2-3-5-7-15(14)23-16/h8-11H,2-7,12H2,1H3,(H,20,21). The van der Waals surface area contributed by atoms with Crippen LogP contribution in [0.1, 0.15) is 51.4 Å². The van der Waals surface area contributed by atoms with Gasteiger partial charge in [-0.05, 0) is 48.9 Å². The van der Waals surface area contributed by atoms with Crippen LogP contribution >= 0.6 is 11.3 Å². The number of amides is 1. The van der Waals surface area contributed by atoms with Crippen molar-refractivity contribution in [2.24, 2.45) is 0 Å². The number of ether oxygens (including phenoxy) is 1. The highest BCUT2D eigenvalue weighted by atomic mass is 32.1. The summed E-state index contributed by atoms with van der Waals surface area (Å²) < 4.78 is 5.10. The van der Waals surface area contributed by atoms with E-state index in [1.54, 1.807) is 24.6 Å². The molecule has 3 rings (SSSR count). The van der Waals surface area contributed by atoms with E-state index < -0.39 is 0 Å². The second kappa shape index (κ2) is 7.59. The predicted octanol–water partition coefficient (Wildman–Crippen LogP) is 3.74. The number of carbonyl (C=O) groups is 1. The van der Waals surface area contributed by atoms with E-state index in [-0.39, 0.29) is 5.91 Å². The van der Waals surface area contributed by atoms with Crippen molar-refractivity contribution in [1.29, 1.82) is 0 Å². The summed E-state index contributed by atoms with van der Waals surface area (Å²) >= 11 is 1.66. The molecule has 0 aliphatic heterocycles. The van der Waals surface area contributed by atoms with Crippen LogP contribution in [-0.4, -0.2) is 18.0 Å². The van der Waals surface area contributed by atoms with Gasteiger partial charge in [0, 0.05) is 23.7 Å². The molecule has 1 amide bonds. The molecule has 2 heterocycles. The smallest absolute Gasteiger partial charge is 0.261 e. The van der Waals surface area contributed by atoms with Gasteiger partial charge >= 0.3 is 0 Å². The monoisotopic (exact) mass is 330 g/mol. The molecule has 0 saturated heterocycles. The topological polar surface area (TPSA) is 51.2 Å². The Morgan fingerprint density at radius 2 is 2.09 bits per heavy atom. The fraction of sp³-hybridized carbons (Fsp3) is 0.444. The molecule has 0 spiro atoms. The van der Waals surface area contributed by atoms with E-state index in [1.807, 2.05) is 12.1 Å². The van der Waals surface area contributed by atoms with Gasteiger partial charge in [-0.3, -0.25) is 4.79 Å². The number of aromatic nitrogens is 1. The van der Waals surface area contributed by atoms with Gasteiger partial charge in [0.05, 0.1) is 12.0 Å². The number of hydrogen-bond donors (Lipinski definition) is 1. The lowest BCUT2D eigenvalue weighted by Crippen LogP contribution is -2.21.